The number of rotatable bonds is 7. The maximum absolute atomic E-state index is 12.6. The Bertz CT molecular complexity index is 1040. The van der Waals surface area contributed by atoms with E-state index in [1.165, 1.54) is 0 Å². The van der Waals surface area contributed by atoms with Crippen molar-refractivity contribution in [3.05, 3.63) is 72.1 Å². The summed E-state index contributed by atoms with van der Waals surface area (Å²) >= 11 is 0. The van der Waals surface area contributed by atoms with Gasteiger partial charge in [-0.05, 0) is 44.0 Å². The largest absolute Gasteiger partial charge is 0.441 e. The topological polar surface area (TPSA) is 87.5 Å². The van der Waals surface area contributed by atoms with Crippen molar-refractivity contribution in [3.63, 3.8) is 0 Å². The lowest BCUT2D eigenvalue weighted by Crippen LogP contribution is -2.46. The first-order valence-corrected chi connectivity index (χ1v) is 10.9. The summed E-state index contributed by atoms with van der Waals surface area (Å²) in [5.41, 5.74) is 2.36. The predicted molar refractivity (Wildman–Crippen MR) is 123 cm³/mol. The van der Waals surface area contributed by atoms with Crippen molar-refractivity contribution in [2.24, 2.45) is 0 Å². The summed E-state index contributed by atoms with van der Waals surface area (Å²) in [7, 11) is 0. The molecule has 1 aliphatic rings. The molecule has 0 saturated carbocycles. The molecule has 0 atom stereocenters. The predicted octanol–water partition coefficient (Wildman–Crippen LogP) is 3.41. The lowest BCUT2D eigenvalue weighted by atomic mass is 10.0. The Kier molecular flexibility index (Phi) is 6.97. The molecule has 2 amide bonds. The highest BCUT2D eigenvalue weighted by Gasteiger charge is 2.23. The quantitative estimate of drug-likeness (QED) is 0.597. The molecule has 1 saturated heterocycles. The third-order valence-corrected chi connectivity index (χ3v) is 5.62. The molecule has 7 heteroatoms. The molecular formula is C25H28N4O3. The van der Waals surface area contributed by atoms with Crippen molar-refractivity contribution >= 4 is 17.5 Å². The van der Waals surface area contributed by atoms with Gasteiger partial charge in [0.05, 0.1) is 18.7 Å². The van der Waals surface area contributed by atoms with Crippen molar-refractivity contribution < 1.29 is 14.0 Å². The Morgan fingerprint density at radius 3 is 2.34 bits per heavy atom. The Morgan fingerprint density at radius 2 is 1.66 bits per heavy atom. The highest BCUT2D eigenvalue weighted by atomic mass is 16.4. The van der Waals surface area contributed by atoms with Crippen LogP contribution in [-0.4, -0.2) is 47.4 Å². The average molecular weight is 433 g/mol. The fraction of sp³-hybridized carbons (Fsp3) is 0.320. The molecule has 4 rings (SSSR count). The number of carbonyl (C=O) groups excluding carboxylic acids is 2. The molecule has 1 fully saturated rings. The van der Waals surface area contributed by atoms with Gasteiger partial charge in [-0.2, -0.15) is 0 Å². The smallest absolute Gasteiger partial charge is 0.238 e. The van der Waals surface area contributed by atoms with Crippen LogP contribution >= 0.6 is 0 Å². The van der Waals surface area contributed by atoms with Gasteiger partial charge in [0.25, 0.3) is 0 Å². The standard InChI is InChI=1S/C25H28N4O3/c1-18-22(28-25(32-18)19-8-4-2-5-9-19)16-23(30)26-21-12-14-29(15-13-21)17-24(31)27-20-10-6-3-7-11-20/h2-11,21H,12-17H2,1H3,(H,26,30)(H,27,31). The molecule has 2 heterocycles. The number of carbonyl (C=O) groups is 2. The molecule has 0 aliphatic carbocycles. The fourth-order valence-electron chi connectivity index (χ4n) is 3.89. The van der Waals surface area contributed by atoms with Gasteiger partial charge < -0.3 is 15.1 Å². The van der Waals surface area contributed by atoms with Gasteiger partial charge in [-0.15, -0.1) is 0 Å². The second-order valence-electron chi connectivity index (χ2n) is 8.10. The zero-order valence-corrected chi connectivity index (χ0v) is 18.2. The number of hydrogen-bond donors (Lipinski definition) is 2. The second-order valence-corrected chi connectivity index (χ2v) is 8.10. The number of aromatic nitrogens is 1. The lowest BCUT2D eigenvalue weighted by Gasteiger charge is -2.31. The fourth-order valence-corrected chi connectivity index (χ4v) is 3.89. The molecule has 3 aromatic rings. The van der Waals surface area contributed by atoms with Crippen LogP contribution in [-0.2, 0) is 16.0 Å². The van der Waals surface area contributed by atoms with E-state index in [2.05, 4.69) is 20.5 Å². The minimum absolute atomic E-state index is 0.0191. The van der Waals surface area contributed by atoms with Gasteiger partial charge in [-0.1, -0.05) is 36.4 Å². The van der Waals surface area contributed by atoms with E-state index < -0.39 is 0 Å². The summed E-state index contributed by atoms with van der Waals surface area (Å²) in [4.78, 5) is 31.4. The molecule has 166 valence electrons. The normalized spacial score (nSPS) is 14.8. The molecule has 2 N–H and O–H groups in total. The van der Waals surface area contributed by atoms with Crippen LogP contribution in [0.4, 0.5) is 5.69 Å². The molecule has 0 unspecified atom stereocenters. The van der Waals surface area contributed by atoms with Crippen LogP contribution < -0.4 is 10.6 Å². The van der Waals surface area contributed by atoms with Crippen molar-refractivity contribution in [2.45, 2.75) is 32.2 Å². The molecule has 0 radical (unpaired) electrons. The first kappa shape index (κ1) is 21.8. The van der Waals surface area contributed by atoms with Gasteiger partial charge in [-0.25, -0.2) is 4.98 Å². The Labute approximate surface area is 187 Å². The highest BCUT2D eigenvalue weighted by Crippen LogP contribution is 2.21. The molecular weight excluding hydrogens is 404 g/mol. The number of hydrogen-bond acceptors (Lipinski definition) is 5. The number of oxazole rings is 1. The molecule has 1 aliphatic heterocycles. The molecule has 1 aromatic heterocycles. The maximum atomic E-state index is 12.6. The van der Waals surface area contributed by atoms with Crippen molar-refractivity contribution in [1.29, 1.82) is 0 Å². The molecule has 7 nitrogen and oxygen atoms in total. The first-order valence-electron chi connectivity index (χ1n) is 10.9. The monoisotopic (exact) mass is 432 g/mol. The van der Waals surface area contributed by atoms with E-state index in [9.17, 15) is 9.59 Å². The number of nitrogens with one attached hydrogen (secondary N) is 2. The number of para-hydroxylation sites is 1. The Balaban J connectivity index is 1.22. The van der Waals surface area contributed by atoms with Crippen LogP contribution in [0.3, 0.4) is 0 Å². The Morgan fingerprint density at radius 1 is 1.00 bits per heavy atom. The zero-order chi connectivity index (χ0) is 22.3. The van der Waals surface area contributed by atoms with Gasteiger partial charge in [0.2, 0.25) is 17.7 Å². The van der Waals surface area contributed by atoms with E-state index in [1.54, 1.807) is 0 Å². The van der Waals surface area contributed by atoms with Crippen LogP contribution in [0.1, 0.15) is 24.3 Å². The van der Waals surface area contributed by atoms with Gasteiger partial charge in [-0.3, -0.25) is 14.5 Å². The summed E-state index contributed by atoms with van der Waals surface area (Å²) in [6.45, 7) is 3.74. The number of anilines is 1. The molecule has 0 bridgehead atoms. The first-order chi connectivity index (χ1) is 15.6. The van der Waals surface area contributed by atoms with E-state index in [0.717, 1.165) is 37.2 Å². The van der Waals surface area contributed by atoms with E-state index in [1.807, 2.05) is 67.6 Å². The summed E-state index contributed by atoms with van der Waals surface area (Å²) in [5, 5.41) is 6.02. The third-order valence-electron chi connectivity index (χ3n) is 5.62. The molecule has 32 heavy (non-hydrogen) atoms. The van der Waals surface area contributed by atoms with Gasteiger partial charge >= 0.3 is 0 Å². The van der Waals surface area contributed by atoms with Crippen LogP contribution in [0.5, 0.6) is 0 Å². The van der Waals surface area contributed by atoms with Crippen molar-refractivity contribution in [2.75, 3.05) is 25.0 Å². The third kappa shape index (κ3) is 5.82. The minimum atomic E-state index is -0.0544. The van der Waals surface area contributed by atoms with Crippen molar-refractivity contribution in [3.8, 4) is 11.5 Å². The lowest BCUT2D eigenvalue weighted by molar-refractivity contribution is -0.122. The SMILES string of the molecule is Cc1oc(-c2ccccc2)nc1CC(=O)NC1CCN(CC(=O)Nc2ccccc2)CC1. The average Bonchev–Trinajstić information content (AvgIpc) is 3.16. The number of benzene rings is 2. The minimum Gasteiger partial charge on any atom is -0.441 e. The van der Waals surface area contributed by atoms with E-state index in [4.69, 9.17) is 4.42 Å². The number of nitrogens with zero attached hydrogens (tertiary/aromatic N) is 2. The highest BCUT2D eigenvalue weighted by molar-refractivity contribution is 5.92. The summed E-state index contributed by atoms with van der Waals surface area (Å²) in [6.07, 6.45) is 1.83. The molecule has 2 aromatic carbocycles. The van der Waals surface area contributed by atoms with E-state index in [0.29, 0.717) is 23.9 Å². The number of aryl methyl sites for hydroxylation is 1. The van der Waals surface area contributed by atoms with E-state index >= 15 is 0 Å². The van der Waals surface area contributed by atoms with Crippen LogP contribution in [0.25, 0.3) is 11.5 Å². The van der Waals surface area contributed by atoms with Gasteiger partial charge in [0.1, 0.15) is 5.76 Å². The van der Waals surface area contributed by atoms with Crippen LogP contribution in [0, 0.1) is 6.92 Å². The summed E-state index contributed by atoms with van der Waals surface area (Å²) in [5.74, 6) is 1.13. The molecule has 0 spiro atoms. The number of piperidine rings is 1. The second kappa shape index (κ2) is 10.2. The maximum Gasteiger partial charge on any atom is 0.238 e. The van der Waals surface area contributed by atoms with Gasteiger partial charge in [0, 0.05) is 30.4 Å². The van der Waals surface area contributed by atoms with Crippen LogP contribution in [0.15, 0.2) is 65.1 Å². The van der Waals surface area contributed by atoms with Crippen LogP contribution in [0.2, 0.25) is 0 Å². The summed E-state index contributed by atoms with van der Waals surface area (Å²) in [6, 6.07) is 19.2. The summed E-state index contributed by atoms with van der Waals surface area (Å²) < 4.78 is 5.75. The van der Waals surface area contributed by atoms with E-state index in [-0.39, 0.29) is 24.3 Å². The zero-order valence-electron chi connectivity index (χ0n) is 18.2. The van der Waals surface area contributed by atoms with Crippen molar-refractivity contribution in [1.82, 2.24) is 15.2 Å². The number of likely N-dealkylation sites (tertiary alicyclic amines) is 1. The van der Waals surface area contributed by atoms with Gasteiger partial charge in [0.15, 0.2) is 0 Å². The Hall–Kier alpha value is -3.45. The number of amides is 2.